The molecule has 126 valence electrons. The molecule has 1 atom stereocenters. The zero-order valence-corrected chi connectivity index (χ0v) is 14.0. The van der Waals surface area contributed by atoms with Gasteiger partial charge in [0.05, 0.1) is 26.7 Å². The fourth-order valence-electron chi connectivity index (χ4n) is 3.30. The van der Waals surface area contributed by atoms with Gasteiger partial charge in [-0.25, -0.2) is 0 Å². The normalized spacial score (nSPS) is 16.3. The first-order valence-electron chi connectivity index (χ1n) is 8.05. The third-order valence-electron chi connectivity index (χ3n) is 4.60. The van der Waals surface area contributed by atoms with Crippen molar-refractivity contribution in [3.8, 4) is 5.75 Å². The van der Waals surface area contributed by atoms with Gasteiger partial charge in [-0.2, -0.15) is 0 Å². The molecule has 0 bridgehead atoms. The van der Waals surface area contributed by atoms with E-state index in [1.54, 1.807) is 4.57 Å². The van der Waals surface area contributed by atoms with Crippen LogP contribution in [0.1, 0.15) is 23.2 Å². The second-order valence-electron chi connectivity index (χ2n) is 6.02. The fourth-order valence-corrected chi connectivity index (χ4v) is 3.30. The number of carbonyl (C=O) groups excluding carboxylic acids is 1. The molecule has 1 unspecified atom stereocenters. The van der Waals surface area contributed by atoms with Crippen molar-refractivity contribution >= 4 is 5.97 Å². The number of carbonyl (C=O) groups is 1. The van der Waals surface area contributed by atoms with Crippen molar-refractivity contribution in [3.05, 3.63) is 63.6 Å². The van der Waals surface area contributed by atoms with Gasteiger partial charge in [0.25, 0.3) is 5.56 Å². The topological polar surface area (TPSA) is 57.5 Å². The van der Waals surface area contributed by atoms with Crippen LogP contribution in [-0.2, 0) is 28.9 Å². The molecule has 0 amide bonds. The van der Waals surface area contributed by atoms with Crippen LogP contribution < -0.4 is 10.3 Å². The molecular formula is C19H21NO4. The number of nitrogens with zero attached hydrogens (tertiary/aromatic N) is 1. The summed E-state index contributed by atoms with van der Waals surface area (Å²) in [5, 5.41) is 0. The van der Waals surface area contributed by atoms with Gasteiger partial charge in [-0.15, -0.1) is 0 Å². The van der Waals surface area contributed by atoms with Crippen molar-refractivity contribution in [1.82, 2.24) is 4.57 Å². The predicted octanol–water partition coefficient (Wildman–Crippen LogP) is 2.18. The molecule has 1 aliphatic rings. The number of ether oxygens (including phenoxy) is 2. The lowest BCUT2D eigenvalue weighted by atomic mass is 9.86. The molecule has 0 aliphatic heterocycles. The first-order valence-corrected chi connectivity index (χ1v) is 8.05. The second-order valence-corrected chi connectivity index (χ2v) is 6.02. The van der Waals surface area contributed by atoms with Gasteiger partial charge in [-0.3, -0.25) is 9.59 Å². The Labute approximate surface area is 140 Å². The summed E-state index contributed by atoms with van der Waals surface area (Å²) in [5.74, 6) is -0.0614. The smallest absolute Gasteiger partial charge is 0.309 e. The highest BCUT2D eigenvalue weighted by Crippen LogP contribution is 2.28. The van der Waals surface area contributed by atoms with Crippen molar-refractivity contribution < 1.29 is 14.3 Å². The Bertz CT molecular complexity index is 795. The van der Waals surface area contributed by atoms with E-state index in [9.17, 15) is 9.59 Å². The Morgan fingerprint density at radius 3 is 2.67 bits per heavy atom. The molecule has 0 radical (unpaired) electrons. The molecule has 0 N–H and O–H groups in total. The van der Waals surface area contributed by atoms with Crippen LogP contribution in [0.2, 0.25) is 0 Å². The maximum atomic E-state index is 12.7. The molecule has 1 heterocycles. The van der Waals surface area contributed by atoms with Crippen molar-refractivity contribution in [2.75, 3.05) is 14.2 Å². The van der Waals surface area contributed by atoms with Gasteiger partial charge < -0.3 is 14.0 Å². The summed E-state index contributed by atoms with van der Waals surface area (Å²) >= 11 is 0. The number of aryl methyl sites for hydroxylation is 1. The van der Waals surface area contributed by atoms with Crippen molar-refractivity contribution in [3.63, 3.8) is 0 Å². The highest BCUT2D eigenvalue weighted by molar-refractivity contribution is 5.73. The molecule has 24 heavy (non-hydrogen) atoms. The summed E-state index contributed by atoms with van der Waals surface area (Å²) in [7, 11) is 2.92. The van der Waals surface area contributed by atoms with Crippen LogP contribution in [0.5, 0.6) is 5.75 Å². The Hall–Kier alpha value is -2.56. The summed E-state index contributed by atoms with van der Waals surface area (Å²) in [4.78, 5) is 24.7. The van der Waals surface area contributed by atoms with Crippen LogP contribution in [-0.4, -0.2) is 24.8 Å². The number of aromatic nitrogens is 1. The highest BCUT2D eigenvalue weighted by atomic mass is 16.5. The SMILES string of the molecule is COC(=O)C1CCc2cc(OC)c(=O)n(Cc3ccccc3)c2C1. The number of methoxy groups -OCH3 is 2. The van der Waals surface area contributed by atoms with E-state index in [1.165, 1.54) is 14.2 Å². The molecule has 2 aromatic rings. The molecule has 1 aromatic carbocycles. The van der Waals surface area contributed by atoms with Gasteiger partial charge >= 0.3 is 5.97 Å². The van der Waals surface area contributed by atoms with Gasteiger partial charge in [-0.05, 0) is 30.0 Å². The molecule has 0 fully saturated rings. The molecular weight excluding hydrogens is 306 g/mol. The molecule has 1 aromatic heterocycles. The maximum Gasteiger partial charge on any atom is 0.309 e. The monoisotopic (exact) mass is 327 g/mol. The zero-order valence-electron chi connectivity index (χ0n) is 14.0. The fraction of sp³-hybridized carbons (Fsp3) is 0.368. The Balaban J connectivity index is 2.06. The summed E-state index contributed by atoms with van der Waals surface area (Å²) in [6.45, 7) is 0.465. The number of pyridine rings is 1. The lowest BCUT2D eigenvalue weighted by molar-refractivity contribution is -0.145. The molecule has 1 aliphatic carbocycles. The van der Waals surface area contributed by atoms with E-state index in [0.29, 0.717) is 18.7 Å². The molecule has 0 saturated carbocycles. The number of hydrogen-bond acceptors (Lipinski definition) is 4. The van der Waals surface area contributed by atoms with Crippen LogP contribution in [0.4, 0.5) is 0 Å². The van der Waals surface area contributed by atoms with E-state index in [2.05, 4.69) is 0 Å². The van der Waals surface area contributed by atoms with E-state index < -0.39 is 0 Å². The average molecular weight is 327 g/mol. The Morgan fingerprint density at radius 1 is 1.25 bits per heavy atom. The number of hydrogen-bond donors (Lipinski definition) is 0. The second kappa shape index (κ2) is 6.91. The Morgan fingerprint density at radius 2 is 2.00 bits per heavy atom. The van der Waals surface area contributed by atoms with Gasteiger partial charge in [-0.1, -0.05) is 30.3 Å². The van der Waals surface area contributed by atoms with Crippen LogP contribution in [0.3, 0.4) is 0 Å². The van der Waals surface area contributed by atoms with Crippen LogP contribution in [0.25, 0.3) is 0 Å². The van der Waals surface area contributed by atoms with E-state index in [-0.39, 0.29) is 17.4 Å². The lowest BCUT2D eigenvalue weighted by Crippen LogP contribution is -2.32. The zero-order chi connectivity index (χ0) is 17.1. The highest BCUT2D eigenvalue weighted by Gasteiger charge is 2.28. The minimum absolute atomic E-state index is 0.161. The van der Waals surface area contributed by atoms with E-state index in [0.717, 1.165) is 29.7 Å². The average Bonchev–Trinajstić information content (AvgIpc) is 2.63. The summed E-state index contributed by atoms with van der Waals surface area (Å²) in [6, 6.07) is 11.6. The Kier molecular flexibility index (Phi) is 4.69. The van der Waals surface area contributed by atoms with Crippen molar-refractivity contribution in [2.45, 2.75) is 25.8 Å². The van der Waals surface area contributed by atoms with Gasteiger partial charge in [0, 0.05) is 12.1 Å². The number of esters is 1. The maximum absolute atomic E-state index is 12.7. The third-order valence-corrected chi connectivity index (χ3v) is 4.60. The van der Waals surface area contributed by atoms with Gasteiger partial charge in [0.15, 0.2) is 5.75 Å². The number of rotatable bonds is 4. The van der Waals surface area contributed by atoms with Gasteiger partial charge in [0.1, 0.15) is 0 Å². The minimum atomic E-state index is -0.213. The lowest BCUT2D eigenvalue weighted by Gasteiger charge is -2.26. The van der Waals surface area contributed by atoms with Gasteiger partial charge in [0.2, 0.25) is 0 Å². The summed E-state index contributed by atoms with van der Waals surface area (Å²) < 4.78 is 11.9. The van der Waals surface area contributed by atoms with E-state index in [4.69, 9.17) is 9.47 Å². The van der Waals surface area contributed by atoms with Crippen LogP contribution in [0, 0.1) is 5.92 Å². The summed E-state index contributed by atoms with van der Waals surface area (Å²) in [5.41, 5.74) is 2.86. The molecule has 5 nitrogen and oxygen atoms in total. The molecule has 3 rings (SSSR count). The molecule has 0 spiro atoms. The van der Waals surface area contributed by atoms with Crippen molar-refractivity contribution in [2.24, 2.45) is 5.92 Å². The molecule has 0 saturated heterocycles. The predicted molar refractivity (Wildman–Crippen MR) is 90.3 cm³/mol. The number of benzene rings is 1. The number of fused-ring (bicyclic) bond motifs is 1. The quantitative estimate of drug-likeness (QED) is 0.808. The largest absolute Gasteiger partial charge is 0.491 e. The standard InChI is InChI=1S/C19H21NO4/c1-23-17-11-14-8-9-15(19(22)24-2)10-16(14)20(18(17)21)12-13-6-4-3-5-7-13/h3-7,11,15H,8-10,12H2,1-2H3. The van der Waals surface area contributed by atoms with E-state index >= 15 is 0 Å². The minimum Gasteiger partial charge on any atom is -0.491 e. The van der Waals surface area contributed by atoms with Crippen LogP contribution >= 0.6 is 0 Å². The summed E-state index contributed by atoms with van der Waals surface area (Å²) in [6.07, 6.45) is 1.99. The van der Waals surface area contributed by atoms with E-state index in [1.807, 2.05) is 36.4 Å². The third kappa shape index (κ3) is 3.07. The first kappa shape index (κ1) is 16.3. The first-order chi connectivity index (χ1) is 11.6. The molecule has 5 heteroatoms. The van der Waals surface area contributed by atoms with Crippen molar-refractivity contribution in [1.29, 1.82) is 0 Å². The van der Waals surface area contributed by atoms with Crippen LogP contribution in [0.15, 0.2) is 41.2 Å².